The first-order valence-corrected chi connectivity index (χ1v) is 5.51. The van der Waals surface area contributed by atoms with Crippen LogP contribution in [-0.4, -0.2) is 14.8 Å². The number of hydrogen-bond donors (Lipinski definition) is 0. The summed E-state index contributed by atoms with van der Waals surface area (Å²) in [6.45, 7) is 5.52. The smallest absolute Gasteiger partial charge is 0.103 e. The fourth-order valence-electron chi connectivity index (χ4n) is 1.69. The third-order valence-electron chi connectivity index (χ3n) is 2.51. The summed E-state index contributed by atoms with van der Waals surface area (Å²) in [6, 6.07) is 3.98. The van der Waals surface area contributed by atoms with Gasteiger partial charge in [-0.2, -0.15) is 10.4 Å². The van der Waals surface area contributed by atoms with E-state index in [0.717, 1.165) is 11.4 Å². The van der Waals surface area contributed by atoms with E-state index in [0.29, 0.717) is 22.0 Å². The summed E-state index contributed by atoms with van der Waals surface area (Å²) in [5.74, 6) is 0. The largest absolute Gasteiger partial charge is 0.257 e. The summed E-state index contributed by atoms with van der Waals surface area (Å²) in [5, 5.41) is 14.0. The van der Waals surface area contributed by atoms with Gasteiger partial charge in [-0.3, -0.25) is 4.98 Å². The Balaban J connectivity index is 2.70. The minimum Gasteiger partial charge on any atom is -0.257 e. The summed E-state index contributed by atoms with van der Waals surface area (Å²) in [6.07, 6.45) is 1.70. The molecule has 0 aliphatic heterocycles. The number of nitrogens with zero attached hydrogens (tertiary/aromatic N) is 4. The lowest BCUT2D eigenvalue weighted by molar-refractivity contribution is 0.850. The summed E-state index contributed by atoms with van der Waals surface area (Å²) in [5.41, 5.74) is 3.53. The fourth-order valence-corrected chi connectivity index (χ4v) is 1.82. The summed E-state index contributed by atoms with van der Waals surface area (Å²) < 4.78 is 1.62. The van der Waals surface area contributed by atoms with Gasteiger partial charge in [0.15, 0.2) is 0 Å². The lowest BCUT2D eigenvalue weighted by atomic mass is 10.1. The van der Waals surface area contributed by atoms with E-state index in [-0.39, 0.29) is 0 Å². The maximum atomic E-state index is 9.16. The van der Waals surface area contributed by atoms with Crippen molar-refractivity contribution in [2.45, 2.75) is 20.8 Å². The van der Waals surface area contributed by atoms with Crippen molar-refractivity contribution in [3.63, 3.8) is 0 Å². The molecular formula is C12H11ClN4. The first-order chi connectivity index (χ1) is 8.02. The van der Waals surface area contributed by atoms with Gasteiger partial charge in [0.25, 0.3) is 0 Å². The molecule has 2 heterocycles. The van der Waals surface area contributed by atoms with Crippen LogP contribution in [-0.2, 0) is 0 Å². The molecule has 0 fully saturated rings. The van der Waals surface area contributed by atoms with Crippen molar-refractivity contribution in [2.75, 3.05) is 0 Å². The van der Waals surface area contributed by atoms with E-state index >= 15 is 0 Å². The quantitative estimate of drug-likeness (QED) is 0.777. The van der Waals surface area contributed by atoms with Gasteiger partial charge in [-0.25, -0.2) is 4.68 Å². The van der Waals surface area contributed by atoms with Crippen LogP contribution in [0, 0.1) is 32.1 Å². The first-order valence-electron chi connectivity index (χ1n) is 5.13. The third-order valence-corrected chi connectivity index (χ3v) is 2.88. The fraction of sp³-hybridized carbons (Fsp3) is 0.250. The average molecular weight is 247 g/mol. The summed E-state index contributed by atoms with van der Waals surface area (Å²) in [4.78, 5) is 4.26. The Bertz CT molecular complexity index is 603. The van der Waals surface area contributed by atoms with E-state index in [2.05, 4.69) is 16.2 Å². The Morgan fingerprint density at radius 1 is 1.29 bits per heavy atom. The predicted octanol–water partition coefficient (Wildman–Crippen LogP) is 2.72. The zero-order valence-electron chi connectivity index (χ0n) is 9.82. The van der Waals surface area contributed by atoms with Gasteiger partial charge in [0.05, 0.1) is 27.7 Å². The van der Waals surface area contributed by atoms with Crippen LogP contribution in [0.1, 0.15) is 22.6 Å². The minimum absolute atomic E-state index is 0.523. The number of aromatic nitrogens is 3. The molecule has 86 valence electrons. The van der Waals surface area contributed by atoms with Gasteiger partial charge in [-0.15, -0.1) is 0 Å². The lowest BCUT2D eigenvalue weighted by Crippen LogP contribution is -2.03. The van der Waals surface area contributed by atoms with Gasteiger partial charge in [-0.1, -0.05) is 11.6 Å². The van der Waals surface area contributed by atoms with Gasteiger partial charge in [0, 0.05) is 11.9 Å². The lowest BCUT2D eigenvalue weighted by Gasteiger charge is -2.07. The van der Waals surface area contributed by atoms with E-state index in [1.807, 2.05) is 26.8 Å². The molecule has 0 aliphatic rings. The Morgan fingerprint density at radius 2 is 2.00 bits per heavy atom. The second kappa shape index (κ2) is 4.19. The van der Waals surface area contributed by atoms with Crippen LogP contribution >= 0.6 is 11.6 Å². The van der Waals surface area contributed by atoms with Crippen molar-refractivity contribution in [1.29, 1.82) is 5.26 Å². The molecule has 0 aromatic carbocycles. The zero-order valence-corrected chi connectivity index (χ0v) is 10.6. The number of halogens is 1. The molecule has 4 nitrogen and oxygen atoms in total. The Hall–Kier alpha value is -1.86. The highest BCUT2D eigenvalue weighted by Gasteiger charge is 2.12. The standard InChI is InChI=1S/C12H11ClN4/c1-7-4-12(10(5-14)8(2)15-7)17-6-11(13)9(3)16-17/h4,6H,1-3H3. The van der Waals surface area contributed by atoms with Crippen molar-refractivity contribution < 1.29 is 0 Å². The maximum Gasteiger partial charge on any atom is 0.103 e. The van der Waals surface area contributed by atoms with Crippen molar-refractivity contribution in [3.05, 3.63) is 39.9 Å². The Morgan fingerprint density at radius 3 is 2.53 bits per heavy atom. The monoisotopic (exact) mass is 246 g/mol. The zero-order chi connectivity index (χ0) is 12.6. The molecular weight excluding hydrogens is 236 g/mol. The van der Waals surface area contributed by atoms with Crippen LogP contribution in [0.2, 0.25) is 5.02 Å². The Kier molecular flexibility index (Phi) is 2.86. The molecule has 0 amide bonds. The van der Waals surface area contributed by atoms with Crippen LogP contribution in [0.4, 0.5) is 0 Å². The van der Waals surface area contributed by atoms with Gasteiger partial charge < -0.3 is 0 Å². The van der Waals surface area contributed by atoms with Gasteiger partial charge in [-0.05, 0) is 26.8 Å². The molecule has 2 aromatic rings. The normalized spacial score (nSPS) is 10.3. The molecule has 0 saturated carbocycles. The number of pyridine rings is 1. The minimum atomic E-state index is 0.523. The molecule has 0 atom stereocenters. The van der Waals surface area contributed by atoms with E-state index in [1.165, 1.54) is 0 Å². The topological polar surface area (TPSA) is 54.5 Å². The Labute approximate surface area is 104 Å². The number of nitriles is 1. The van der Waals surface area contributed by atoms with Crippen LogP contribution in [0.25, 0.3) is 5.69 Å². The molecule has 0 aliphatic carbocycles. The van der Waals surface area contributed by atoms with Crippen LogP contribution in [0.3, 0.4) is 0 Å². The summed E-state index contributed by atoms with van der Waals surface area (Å²) in [7, 11) is 0. The SMILES string of the molecule is Cc1cc(-n2cc(Cl)c(C)n2)c(C#N)c(C)n1. The molecule has 0 spiro atoms. The van der Waals surface area contributed by atoms with Crippen molar-refractivity contribution in [2.24, 2.45) is 0 Å². The summed E-state index contributed by atoms with van der Waals surface area (Å²) >= 11 is 5.97. The molecule has 0 bridgehead atoms. The molecule has 0 N–H and O–H groups in total. The van der Waals surface area contributed by atoms with E-state index in [9.17, 15) is 0 Å². The number of aryl methyl sites for hydroxylation is 3. The van der Waals surface area contributed by atoms with Crippen molar-refractivity contribution in [1.82, 2.24) is 14.8 Å². The molecule has 17 heavy (non-hydrogen) atoms. The maximum absolute atomic E-state index is 9.16. The van der Waals surface area contributed by atoms with Crippen molar-refractivity contribution in [3.8, 4) is 11.8 Å². The average Bonchev–Trinajstić information content (AvgIpc) is 2.58. The van der Waals surface area contributed by atoms with E-state index < -0.39 is 0 Å². The predicted molar refractivity (Wildman–Crippen MR) is 65.3 cm³/mol. The second-order valence-electron chi connectivity index (χ2n) is 3.86. The molecule has 2 aromatic heterocycles. The molecule has 5 heteroatoms. The number of rotatable bonds is 1. The van der Waals surface area contributed by atoms with Crippen LogP contribution < -0.4 is 0 Å². The molecule has 2 rings (SSSR count). The van der Waals surface area contributed by atoms with Crippen LogP contribution in [0.5, 0.6) is 0 Å². The highest BCUT2D eigenvalue weighted by Crippen LogP contribution is 2.21. The molecule has 0 unspecified atom stereocenters. The highest BCUT2D eigenvalue weighted by atomic mass is 35.5. The molecule has 0 radical (unpaired) electrons. The number of hydrogen-bond acceptors (Lipinski definition) is 3. The van der Waals surface area contributed by atoms with Crippen LogP contribution in [0.15, 0.2) is 12.3 Å². The van der Waals surface area contributed by atoms with Gasteiger partial charge in [0.2, 0.25) is 0 Å². The van der Waals surface area contributed by atoms with E-state index in [1.54, 1.807) is 10.9 Å². The van der Waals surface area contributed by atoms with Gasteiger partial charge >= 0.3 is 0 Å². The van der Waals surface area contributed by atoms with Gasteiger partial charge in [0.1, 0.15) is 6.07 Å². The third kappa shape index (κ3) is 2.02. The van der Waals surface area contributed by atoms with Crippen molar-refractivity contribution >= 4 is 11.6 Å². The van der Waals surface area contributed by atoms with E-state index in [4.69, 9.17) is 16.9 Å². The highest BCUT2D eigenvalue weighted by molar-refractivity contribution is 6.31. The first kappa shape index (κ1) is 11.6. The molecule has 0 saturated heterocycles. The second-order valence-corrected chi connectivity index (χ2v) is 4.27.